The van der Waals surface area contributed by atoms with Gasteiger partial charge in [0.1, 0.15) is 11.6 Å². The molecule has 0 N–H and O–H groups in total. The highest BCUT2D eigenvalue weighted by Gasteiger charge is 2.41. The molecule has 1 aromatic heterocycles. The number of aromatic nitrogens is 2. The lowest BCUT2D eigenvalue weighted by Crippen LogP contribution is -2.42. The van der Waals surface area contributed by atoms with E-state index in [1.165, 1.54) is 6.07 Å². The summed E-state index contributed by atoms with van der Waals surface area (Å²) in [6.45, 7) is 2.85. The summed E-state index contributed by atoms with van der Waals surface area (Å²) in [5.74, 6) is -0.590. The number of nitrogens with zero attached hydrogens (tertiary/aromatic N) is 2. The maximum absolute atomic E-state index is 15.2. The van der Waals surface area contributed by atoms with Crippen LogP contribution in [0.25, 0.3) is 5.69 Å². The van der Waals surface area contributed by atoms with Gasteiger partial charge in [-0.3, -0.25) is 0 Å². The standard InChI is InChI=1S/C24H27FN2O3.ClH/c1-3-23-26-12-13-27(23)22-10-9-19(15-21(22)25)24(16-20(28-2)11-14-29-24)30-17-18-7-5-4-6-8-18;/h4-10,12-13,15,20H,3,11,14,16-17H2,1-2H3;1H. The Balaban J connectivity index is 0.00000272. The second kappa shape index (κ2) is 10.4. The number of methoxy groups -OCH3 is 1. The zero-order valence-corrected chi connectivity index (χ0v) is 18.6. The van der Waals surface area contributed by atoms with Gasteiger partial charge in [0.15, 0.2) is 5.79 Å². The van der Waals surface area contributed by atoms with Gasteiger partial charge >= 0.3 is 0 Å². The van der Waals surface area contributed by atoms with Crippen molar-refractivity contribution in [3.05, 3.63) is 83.7 Å². The molecule has 1 aliphatic rings. The van der Waals surface area contributed by atoms with E-state index in [0.29, 0.717) is 30.9 Å². The number of aryl methyl sites for hydroxylation is 1. The Morgan fingerprint density at radius 3 is 2.74 bits per heavy atom. The SMILES string of the molecule is CCc1nccn1-c1ccc(C2(OCc3ccccc3)CC(OC)CCO2)cc1F.Cl. The van der Waals surface area contributed by atoms with Gasteiger partial charge in [0.2, 0.25) is 0 Å². The second-order valence-electron chi connectivity index (χ2n) is 7.46. The summed E-state index contributed by atoms with van der Waals surface area (Å²) in [5, 5.41) is 0. The molecule has 5 nitrogen and oxygen atoms in total. The van der Waals surface area contributed by atoms with Crippen LogP contribution in [0.3, 0.4) is 0 Å². The zero-order valence-electron chi connectivity index (χ0n) is 17.8. The zero-order chi connectivity index (χ0) is 21.0. The smallest absolute Gasteiger partial charge is 0.197 e. The first-order valence-corrected chi connectivity index (χ1v) is 10.3. The molecule has 0 spiro atoms. The van der Waals surface area contributed by atoms with Crippen LogP contribution in [0.4, 0.5) is 4.39 Å². The molecule has 1 saturated heterocycles. The quantitative estimate of drug-likeness (QED) is 0.501. The highest BCUT2D eigenvalue weighted by molar-refractivity contribution is 5.85. The molecular formula is C24H28ClFN2O3. The normalized spacial score (nSPS) is 20.9. The molecule has 166 valence electrons. The highest BCUT2D eigenvalue weighted by Crippen LogP contribution is 2.39. The van der Waals surface area contributed by atoms with E-state index in [0.717, 1.165) is 24.2 Å². The molecule has 7 heteroatoms. The summed E-state index contributed by atoms with van der Waals surface area (Å²) in [6, 6.07) is 15.0. The van der Waals surface area contributed by atoms with Crippen LogP contribution in [0.5, 0.6) is 0 Å². The predicted octanol–water partition coefficient (Wildman–Crippen LogP) is 5.19. The van der Waals surface area contributed by atoms with Crippen LogP contribution in [-0.4, -0.2) is 29.4 Å². The number of halogens is 2. The maximum Gasteiger partial charge on any atom is 0.197 e. The van der Waals surface area contributed by atoms with Gasteiger partial charge in [-0.2, -0.15) is 0 Å². The topological polar surface area (TPSA) is 45.5 Å². The third-order valence-corrected chi connectivity index (χ3v) is 5.60. The summed E-state index contributed by atoms with van der Waals surface area (Å²) < 4.78 is 35.0. The molecule has 0 aliphatic carbocycles. The second-order valence-corrected chi connectivity index (χ2v) is 7.46. The third-order valence-electron chi connectivity index (χ3n) is 5.60. The van der Waals surface area contributed by atoms with Crippen molar-refractivity contribution in [2.24, 2.45) is 0 Å². The van der Waals surface area contributed by atoms with Crippen LogP contribution >= 0.6 is 12.4 Å². The molecule has 3 aromatic rings. The lowest BCUT2D eigenvalue weighted by atomic mass is 9.94. The monoisotopic (exact) mass is 446 g/mol. The Labute approximate surface area is 188 Å². The molecule has 1 fully saturated rings. The van der Waals surface area contributed by atoms with Gasteiger partial charge < -0.3 is 18.8 Å². The molecule has 2 heterocycles. The first kappa shape index (κ1) is 23.4. The average Bonchev–Trinajstić information content (AvgIpc) is 3.27. The Morgan fingerprint density at radius 1 is 1.23 bits per heavy atom. The Hall–Kier alpha value is -2.25. The van der Waals surface area contributed by atoms with Crippen molar-refractivity contribution < 1.29 is 18.6 Å². The first-order valence-electron chi connectivity index (χ1n) is 10.3. The molecule has 31 heavy (non-hydrogen) atoms. The maximum atomic E-state index is 15.2. The fourth-order valence-electron chi connectivity index (χ4n) is 3.93. The van der Waals surface area contributed by atoms with Crippen LogP contribution in [0, 0.1) is 5.82 Å². The molecule has 0 saturated carbocycles. The van der Waals surface area contributed by atoms with E-state index in [4.69, 9.17) is 14.2 Å². The van der Waals surface area contributed by atoms with E-state index in [2.05, 4.69) is 4.98 Å². The van der Waals surface area contributed by atoms with Crippen molar-refractivity contribution in [1.82, 2.24) is 9.55 Å². The van der Waals surface area contributed by atoms with Crippen LogP contribution in [0.15, 0.2) is 60.9 Å². The molecule has 2 atom stereocenters. The van der Waals surface area contributed by atoms with Gasteiger partial charge in [0.05, 0.1) is 25.0 Å². The van der Waals surface area contributed by atoms with E-state index < -0.39 is 5.79 Å². The lowest BCUT2D eigenvalue weighted by molar-refractivity contribution is -0.288. The van der Waals surface area contributed by atoms with Crippen molar-refractivity contribution in [1.29, 1.82) is 0 Å². The molecule has 2 unspecified atom stereocenters. The minimum Gasteiger partial charge on any atom is -0.381 e. The number of hydrogen-bond donors (Lipinski definition) is 0. The van der Waals surface area contributed by atoms with Gasteiger partial charge in [0.25, 0.3) is 0 Å². The van der Waals surface area contributed by atoms with Gasteiger partial charge in [-0.15, -0.1) is 12.4 Å². The minimum atomic E-state index is -1.06. The summed E-state index contributed by atoms with van der Waals surface area (Å²) in [4.78, 5) is 4.29. The summed E-state index contributed by atoms with van der Waals surface area (Å²) in [5.41, 5.74) is 2.15. The fraction of sp³-hybridized carbons (Fsp3) is 0.375. The number of imidazole rings is 1. The van der Waals surface area contributed by atoms with E-state index in [1.54, 1.807) is 30.1 Å². The molecule has 0 radical (unpaired) electrons. The van der Waals surface area contributed by atoms with Gasteiger partial charge in [0, 0.05) is 37.9 Å². The van der Waals surface area contributed by atoms with Gasteiger partial charge in [-0.25, -0.2) is 9.37 Å². The molecule has 0 amide bonds. The summed E-state index contributed by atoms with van der Waals surface area (Å²) in [6.07, 6.45) is 5.44. The molecule has 2 aromatic carbocycles. The number of rotatable bonds is 7. The van der Waals surface area contributed by atoms with Gasteiger partial charge in [-0.1, -0.05) is 43.3 Å². The fourth-order valence-corrected chi connectivity index (χ4v) is 3.93. The lowest BCUT2D eigenvalue weighted by Gasteiger charge is -2.40. The number of ether oxygens (including phenoxy) is 3. The van der Waals surface area contributed by atoms with Crippen molar-refractivity contribution in [2.45, 2.75) is 44.7 Å². The van der Waals surface area contributed by atoms with Crippen LogP contribution in [0.2, 0.25) is 0 Å². The van der Waals surface area contributed by atoms with E-state index in [9.17, 15) is 0 Å². The summed E-state index contributed by atoms with van der Waals surface area (Å²) >= 11 is 0. The molecule has 0 bridgehead atoms. The largest absolute Gasteiger partial charge is 0.381 e. The van der Waals surface area contributed by atoms with Crippen LogP contribution in [-0.2, 0) is 33.0 Å². The highest BCUT2D eigenvalue weighted by atomic mass is 35.5. The van der Waals surface area contributed by atoms with Crippen molar-refractivity contribution >= 4 is 12.4 Å². The van der Waals surface area contributed by atoms with Crippen LogP contribution < -0.4 is 0 Å². The average molecular weight is 447 g/mol. The summed E-state index contributed by atoms with van der Waals surface area (Å²) in [7, 11) is 1.69. The van der Waals surface area contributed by atoms with Crippen molar-refractivity contribution in [3.63, 3.8) is 0 Å². The number of hydrogen-bond acceptors (Lipinski definition) is 4. The molecule has 1 aliphatic heterocycles. The predicted molar refractivity (Wildman–Crippen MR) is 119 cm³/mol. The van der Waals surface area contributed by atoms with Gasteiger partial charge in [-0.05, 0) is 24.1 Å². The van der Waals surface area contributed by atoms with Crippen LogP contribution in [0.1, 0.15) is 36.7 Å². The van der Waals surface area contributed by atoms with E-state index in [1.807, 2.05) is 43.3 Å². The molecular weight excluding hydrogens is 419 g/mol. The Kier molecular flexibility index (Phi) is 7.84. The van der Waals surface area contributed by atoms with Crippen molar-refractivity contribution in [2.75, 3.05) is 13.7 Å². The Bertz CT molecular complexity index is 982. The van der Waals surface area contributed by atoms with E-state index >= 15 is 4.39 Å². The number of benzene rings is 2. The third kappa shape index (κ3) is 4.99. The van der Waals surface area contributed by atoms with Crippen molar-refractivity contribution in [3.8, 4) is 5.69 Å². The minimum absolute atomic E-state index is 0. The Morgan fingerprint density at radius 2 is 2.03 bits per heavy atom. The molecule has 4 rings (SSSR count). The van der Waals surface area contributed by atoms with E-state index in [-0.39, 0.29) is 24.3 Å². The first-order chi connectivity index (χ1) is 14.6.